The highest BCUT2D eigenvalue weighted by molar-refractivity contribution is 5.42. The van der Waals surface area contributed by atoms with Gasteiger partial charge < -0.3 is 9.84 Å². The van der Waals surface area contributed by atoms with E-state index in [2.05, 4.69) is 19.6 Å². The van der Waals surface area contributed by atoms with Gasteiger partial charge in [0, 0.05) is 0 Å². The van der Waals surface area contributed by atoms with E-state index in [1.165, 1.54) is 5.56 Å². The zero-order valence-electron chi connectivity index (χ0n) is 10.4. The van der Waals surface area contributed by atoms with Gasteiger partial charge in [-0.25, -0.2) is 0 Å². The number of aryl methyl sites for hydroxylation is 1. The molecule has 0 amide bonds. The number of rotatable bonds is 4. The molecule has 0 bridgehead atoms. The van der Waals surface area contributed by atoms with Crippen LogP contribution in [0.4, 0.5) is 0 Å². The summed E-state index contributed by atoms with van der Waals surface area (Å²) in [5, 5.41) is 10.4. The summed E-state index contributed by atoms with van der Waals surface area (Å²) in [5.74, 6) is 0.902. The third kappa shape index (κ3) is 2.37. The first-order chi connectivity index (χ1) is 8.19. The molecule has 1 aliphatic rings. The molecule has 0 aromatic heterocycles. The highest BCUT2D eigenvalue weighted by Crippen LogP contribution is 2.37. The average molecular weight is 232 g/mol. The molecule has 92 valence electrons. The number of hydrogen-bond acceptors (Lipinski definition) is 2. The van der Waals surface area contributed by atoms with Crippen molar-refractivity contribution in [1.29, 1.82) is 0 Å². The summed E-state index contributed by atoms with van der Waals surface area (Å²) in [6, 6.07) is 5.97. The van der Waals surface area contributed by atoms with Crippen LogP contribution in [0.3, 0.4) is 0 Å². The van der Waals surface area contributed by atoms with Crippen LogP contribution in [0.1, 0.15) is 37.3 Å². The number of fused-ring (bicyclic) bond motifs is 1. The Bertz CT molecular complexity index is 411. The van der Waals surface area contributed by atoms with Crippen LogP contribution in [0.5, 0.6) is 5.75 Å². The molecule has 2 rings (SSSR count). The Morgan fingerprint density at radius 1 is 1.53 bits per heavy atom. The molecule has 0 radical (unpaired) electrons. The van der Waals surface area contributed by atoms with E-state index in [4.69, 9.17) is 4.74 Å². The molecule has 1 aliphatic carbocycles. The molecule has 1 atom stereocenters. The van der Waals surface area contributed by atoms with Gasteiger partial charge in [-0.15, -0.1) is 0 Å². The van der Waals surface area contributed by atoms with Crippen molar-refractivity contribution in [2.75, 3.05) is 6.61 Å². The quantitative estimate of drug-likeness (QED) is 0.808. The number of hydrogen-bond donors (Lipinski definition) is 1. The van der Waals surface area contributed by atoms with Crippen LogP contribution >= 0.6 is 0 Å². The molecule has 2 heteroatoms. The smallest absolute Gasteiger partial charge is 0.119 e. The number of ether oxygens (including phenoxy) is 1. The highest BCUT2D eigenvalue weighted by atomic mass is 16.5. The van der Waals surface area contributed by atoms with Crippen molar-refractivity contribution in [2.24, 2.45) is 0 Å². The largest absolute Gasteiger partial charge is 0.494 e. The molecule has 1 unspecified atom stereocenters. The van der Waals surface area contributed by atoms with Crippen molar-refractivity contribution >= 4 is 0 Å². The van der Waals surface area contributed by atoms with Gasteiger partial charge in [-0.2, -0.15) is 0 Å². The predicted molar refractivity (Wildman–Crippen MR) is 69.3 cm³/mol. The number of aliphatic hydroxyl groups is 1. The average Bonchev–Trinajstić information content (AvgIpc) is 2.36. The zero-order valence-corrected chi connectivity index (χ0v) is 10.4. The molecule has 1 N–H and O–H groups in total. The normalized spacial score (nSPS) is 22.9. The van der Waals surface area contributed by atoms with Crippen molar-refractivity contribution in [3.63, 3.8) is 0 Å². The van der Waals surface area contributed by atoms with Crippen molar-refractivity contribution in [2.45, 2.75) is 38.2 Å². The van der Waals surface area contributed by atoms with Crippen LogP contribution in [0, 0.1) is 0 Å². The molecule has 0 aliphatic heterocycles. The predicted octanol–water partition coefficient (Wildman–Crippen LogP) is 3.19. The summed E-state index contributed by atoms with van der Waals surface area (Å²) in [5.41, 5.74) is 1.33. The van der Waals surface area contributed by atoms with E-state index in [1.54, 1.807) is 6.08 Å². The second kappa shape index (κ2) is 4.92. The van der Waals surface area contributed by atoms with Crippen molar-refractivity contribution in [3.8, 4) is 5.75 Å². The molecule has 0 saturated carbocycles. The summed E-state index contributed by atoms with van der Waals surface area (Å²) in [6.45, 7) is 6.58. The van der Waals surface area contributed by atoms with Gasteiger partial charge >= 0.3 is 0 Å². The van der Waals surface area contributed by atoms with E-state index in [-0.39, 0.29) is 0 Å². The van der Waals surface area contributed by atoms with E-state index in [1.807, 2.05) is 12.1 Å². The Kier molecular flexibility index (Phi) is 3.53. The molecular weight excluding hydrogens is 212 g/mol. The van der Waals surface area contributed by atoms with Crippen LogP contribution < -0.4 is 4.74 Å². The fourth-order valence-corrected chi connectivity index (χ4v) is 2.40. The second-order valence-electron chi connectivity index (χ2n) is 4.65. The van der Waals surface area contributed by atoms with Crippen LogP contribution in [0.15, 0.2) is 30.9 Å². The molecule has 0 saturated heterocycles. The molecule has 17 heavy (non-hydrogen) atoms. The standard InChI is InChI=1S/C15H20O2/c1-3-10-17-13-7-8-14-12(11-13)6-5-9-15(14,16)4-2/h4,7-8,11,16H,2-3,5-6,9-10H2,1H3. The summed E-state index contributed by atoms with van der Waals surface area (Å²) < 4.78 is 5.62. The van der Waals surface area contributed by atoms with Crippen LogP contribution in [-0.4, -0.2) is 11.7 Å². The Balaban J connectivity index is 2.30. The summed E-state index contributed by atoms with van der Waals surface area (Å²) in [7, 11) is 0. The lowest BCUT2D eigenvalue weighted by Crippen LogP contribution is -2.28. The van der Waals surface area contributed by atoms with Crippen molar-refractivity contribution in [1.82, 2.24) is 0 Å². The Morgan fingerprint density at radius 2 is 2.35 bits per heavy atom. The first-order valence-corrected chi connectivity index (χ1v) is 6.32. The van der Waals surface area contributed by atoms with E-state index < -0.39 is 5.60 Å². The molecule has 0 spiro atoms. The lowest BCUT2D eigenvalue weighted by molar-refractivity contribution is 0.0702. The first-order valence-electron chi connectivity index (χ1n) is 6.32. The minimum atomic E-state index is -0.850. The van der Waals surface area contributed by atoms with Gasteiger partial charge in [0.15, 0.2) is 0 Å². The Morgan fingerprint density at radius 3 is 3.06 bits per heavy atom. The monoisotopic (exact) mass is 232 g/mol. The fourth-order valence-electron chi connectivity index (χ4n) is 2.40. The molecular formula is C15H20O2. The lowest BCUT2D eigenvalue weighted by Gasteiger charge is -2.32. The maximum absolute atomic E-state index is 10.4. The van der Waals surface area contributed by atoms with Crippen molar-refractivity contribution < 1.29 is 9.84 Å². The van der Waals surface area contributed by atoms with Gasteiger partial charge in [-0.05, 0) is 48.9 Å². The number of benzene rings is 1. The Labute approximate surface area is 103 Å². The van der Waals surface area contributed by atoms with Crippen LogP contribution in [-0.2, 0) is 12.0 Å². The van der Waals surface area contributed by atoms with E-state index in [0.717, 1.165) is 43.6 Å². The summed E-state index contributed by atoms with van der Waals surface area (Å²) >= 11 is 0. The highest BCUT2D eigenvalue weighted by Gasteiger charge is 2.31. The third-order valence-corrected chi connectivity index (χ3v) is 3.36. The van der Waals surface area contributed by atoms with Gasteiger partial charge in [0.1, 0.15) is 11.4 Å². The van der Waals surface area contributed by atoms with Gasteiger partial charge in [0.05, 0.1) is 6.61 Å². The summed E-state index contributed by atoms with van der Waals surface area (Å²) in [4.78, 5) is 0. The van der Waals surface area contributed by atoms with Crippen LogP contribution in [0.2, 0.25) is 0 Å². The van der Waals surface area contributed by atoms with Gasteiger partial charge in [0.2, 0.25) is 0 Å². The Hall–Kier alpha value is -1.28. The minimum absolute atomic E-state index is 0.741. The van der Waals surface area contributed by atoms with Gasteiger partial charge in [-0.3, -0.25) is 0 Å². The maximum Gasteiger partial charge on any atom is 0.119 e. The fraction of sp³-hybridized carbons (Fsp3) is 0.467. The zero-order chi connectivity index (χ0) is 12.3. The third-order valence-electron chi connectivity index (χ3n) is 3.36. The van der Waals surface area contributed by atoms with Crippen LogP contribution in [0.25, 0.3) is 0 Å². The SMILES string of the molecule is C=CC1(O)CCCc2cc(OCCC)ccc21. The van der Waals surface area contributed by atoms with E-state index in [9.17, 15) is 5.11 Å². The molecule has 1 aromatic rings. The minimum Gasteiger partial charge on any atom is -0.494 e. The summed E-state index contributed by atoms with van der Waals surface area (Å²) in [6.07, 6.45) is 5.42. The van der Waals surface area contributed by atoms with Gasteiger partial charge in [-0.1, -0.05) is 25.6 Å². The second-order valence-corrected chi connectivity index (χ2v) is 4.65. The first kappa shape index (κ1) is 12.2. The van der Waals surface area contributed by atoms with E-state index in [0.29, 0.717) is 0 Å². The maximum atomic E-state index is 10.4. The topological polar surface area (TPSA) is 29.5 Å². The van der Waals surface area contributed by atoms with E-state index >= 15 is 0 Å². The van der Waals surface area contributed by atoms with Gasteiger partial charge in [0.25, 0.3) is 0 Å². The van der Waals surface area contributed by atoms with Crippen molar-refractivity contribution in [3.05, 3.63) is 42.0 Å². The molecule has 0 heterocycles. The molecule has 0 fully saturated rings. The molecule has 1 aromatic carbocycles. The lowest BCUT2D eigenvalue weighted by atomic mass is 9.79. The molecule has 2 nitrogen and oxygen atoms in total.